The molecule has 1 aliphatic carbocycles. The van der Waals surface area contributed by atoms with Gasteiger partial charge in [-0.15, -0.1) is 0 Å². The van der Waals surface area contributed by atoms with Crippen molar-refractivity contribution in [3.63, 3.8) is 0 Å². The number of hydrogen-bond donors (Lipinski definition) is 0. The van der Waals surface area contributed by atoms with E-state index >= 15 is 0 Å². The number of rotatable bonds is 3. The average molecular weight is 277 g/mol. The van der Waals surface area contributed by atoms with Crippen LogP contribution < -0.4 is 0 Å². The van der Waals surface area contributed by atoms with Gasteiger partial charge in [-0.1, -0.05) is 29.3 Å². The van der Waals surface area contributed by atoms with E-state index in [9.17, 15) is 9.59 Å². The standard InChI is InChI=1S/C11H17BrO3/c1-3-11(10(14)15-4-2)7-5-6-8(12)9(11)13/h8H,3-7H2,1-2H3. The van der Waals surface area contributed by atoms with Gasteiger partial charge in [0.25, 0.3) is 0 Å². The average Bonchev–Trinajstić information content (AvgIpc) is 2.23. The Balaban J connectivity index is 2.91. The molecule has 4 heteroatoms. The molecule has 0 saturated heterocycles. The molecule has 15 heavy (non-hydrogen) atoms. The monoisotopic (exact) mass is 276 g/mol. The number of carbonyl (C=O) groups excluding carboxylic acids is 2. The predicted molar refractivity (Wildman–Crippen MR) is 60.9 cm³/mol. The molecule has 2 unspecified atom stereocenters. The van der Waals surface area contributed by atoms with Crippen LogP contribution in [0, 0.1) is 5.41 Å². The van der Waals surface area contributed by atoms with E-state index in [0.717, 1.165) is 12.8 Å². The van der Waals surface area contributed by atoms with Gasteiger partial charge in [0.05, 0.1) is 11.4 Å². The summed E-state index contributed by atoms with van der Waals surface area (Å²) in [5.41, 5.74) is -0.886. The highest BCUT2D eigenvalue weighted by Crippen LogP contribution is 2.39. The molecule has 0 amide bonds. The van der Waals surface area contributed by atoms with Crippen molar-refractivity contribution in [2.24, 2.45) is 5.41 Å². The quantitative estimate of drug-likeness (QED) is 0.452. The Morgan fingerprint density at radius 1 is 1.60 bits per heavy atom. The molecule has 0 radical (unpaired) electrons. The number of carbonyl (C=O) groups is 2. The van der Waals surface area contributed by atoms with Crippen molar-refractivity contribution in [1.29, 1.82) is 0 Å². The topological polar surface area (TPSA) is 43.4 Å². The molecule has 0 aliphatic heterocycles. The van der Waals surface area contributed by atoms with Crippen LogP contribution in [0.2, 0.25) is 0 Å². The van der Waals surface area contributed by atoms with E-state index in [1.54, 1.807) is 6.92 Å². The van der Waals surface area contributed by atoms with Crippen LogP contribution in [0.3, 0.4) is 0 Å². The summed E-state index contributed by atoms with van der Waals surface area (Å²) in [5, 5.41) is 0. The van der Waals surface area contributed by atoms with Crippen molar-refractivity contribution in [3.05, 3.63) is 0 Å². The summed E-state index contributed by atoms with van der Waals surface area (Å²) in [4.78, 5) is 23.7. The molecular weight excluding hydrogens is 260 g/mol. The van der Waals surface area contributed by atoms with Gasteiger partial charge in [-0.25, -0.2) is 0 Å². The molecule has 3 nitrogen and oxygen atoms in total. The fourth-order valence-corrected chi connectivity index (χ4v) is 2.87. The van der Waals surface area contributed by atoms with E-state index < -0.39 is 5.41 Å². The highest BCUT2D eigenvalue weighted by atomic mass is 79.9. The first kappa shape index (κ1) is 12.7. The minimum atomic E-state index is -0.886. The second-order valence-corrected chi connectivity index (χ2v) is 4.99. The van der Waals surface area contributed by atoms with Gasteiger partial charge >= 0.3 is 5.97 Å². The van der Waals surface area contributed by atoms with Crippen molar-refractivity contribution in [2.45, 2.75) is 44.4 Å². The summed E-state index contributed by atoms with van der Waals surface area (Å²) in [6.07, 6.45) is 2.88. The summed E-state index contributed by atoms with van der Waals surface area (Å²) in [6.45, 7) is 3.97. The van der Waals surface area contributed by atoms with E-state index in [2.05, 4.69) is 15.9 Å². The van der Waals surface area contributed by atoms with Crippen molar-refractivity contribution in [3.8, 4) is 0 Å². The molecule has 86 valence electrons. The van der Waals surface area contributed by atoms with Crippen molar-refractivity contribution in [1.82, 2.24) is 0 Å². The van der Waals surface area contributed by atoms with Gasteiger partial charge in [0.1, 0.15) is 5.41 Å². The second kappa shape index (κ2) is 5.10. The van der Waals surface area contributed by atoms with Crippen molar-refractivity contribution < 1.29 is 14.3 Å². The van der Waals surface area contributed by atoms with E-state index in [1.807, 2.05) is 6.92 Å². The summed E-state index contributed by atoms with van der Waals surface area (Å²) in [6, 6.07) is 0. The first-order chi connectivity index (χ1) is 7.08. The maximum Gasteiger partial charge on any atom is 0.319 e. The molecule has 0 aromatic rings. The van der Waals surface area contributed by atoms with Crippen LogP contribution in [0.15, 0.2) is 0 Å². The zero-order valence-corrected chi connectivity index (χ0v) is 10.8. The second-order valence-electron chi connectivity index (χ2n) is 3.88. The third kappa shape index (κ3) is 2.25. The summed E-state index contributed by atoms with van der Waals surface area (Å²) >= 11 is 3.33. The molecule has 1 aliphatic rings. The molecule has 1 saturated carbocycles. The van der Waals surface area contributed by atoms with Gasteiger partial charge in [0, 0.05) is 0 Å². The largest absolute Gasteiger partial charge is 0.465 e. The van der Waals surface area contributed by atoms with E-state index in [-0.39, 0.29) is 16.6 Å². The van der Waals surface area contributed by atoms with Gasteiger partial charge in [-0.3, -0.25) is 9.59 Å². The molecule has 0 heterocycles. The zero-order chi connectivity index (χ0) is 11.5. The normalized spacial score (nSPS) is 31.4. The van der Waals surface area contributed by atoms with Gasteiger partial charge in [-0.05, 0) is 26.2 Å². The molecular formula is C11H17BrO3. The Morgan fingerprint density at radius 2 is 2.27 bits per heavy atom. The predicted octanol–water partition coefficient (Wildman–Crippen LogP) is 2.46. The Hall–Kier alpha value is -0.380. The van der Waals surface area contributed by atoms with Gasteiger partial charge < -0.3 is 4.74 Å². The third-order valence-corrected chi connectivity index (χ3v) is 3.96. The highest BCUT2D eigenvalue weighted by molar-refractivity contribution is 9.10. The maximum absolute atomic E-state index is 12.0. The van der Waals surface area contributed by atoms with Crippen LogP contribution in [0.4, 0.5) is 0 Å². The van der Waals surface area contributed by atoms with Crippen LogP contribution in [0.1, 0.15) is 39.5 Å². The number of alkyl halides is 1. The van der Waals surface area contributed by atoms with Crippen LogP contribution in [0.25, 0.3) is 0 Å². The minimum absolute atomic E-state index is 0.00491. The number of halogens is 1. The van der Waals surface area contributed by atoms with Gasteiger partial charge in [0.15, 0.2) is 5.78 Å². The smallest absolute Gasteiger partial charge is 0.319 e. The lowest BCUT2D eigenvalue weighted by atomic mass is 9.71. The molecule has 0 N–H and O–H groups in total. The summed E-state index contributed by atoms with van der Waals surface area (Å²) < 4.78 is 5.01. The lowest BCUT2D eigenvalue weighted by molar-refractivity contribution is -0.162. The van der Waals surface area contributed by atoms with Crippen LogP contribution in [0.5, 0.6) is 0 Å². The van der Waals surface area contributed by atoms with E-state index in [1.165, 1.54) is 0 Å². The number of ketones is 1. The van der Waals surface area contributed by atoms with Crippen LogP contribution in [-0.2, 0) is 14.3 Å². The van der Waals surface area contributed by atoms with Gasteiger partial charge in [-0.2, -0.15) is 0 Å². The molecule has 0 aromatic carbocycles. The fourth-order valence-electron chi connectivity index (χ4n) is 2.10. The lowest BCUT2D eigenvalue weighted by Gasteiger charge is -2.34. The minimum Gasteiger partial charge on any atom is -0.465 e. The Kier molecular flexibility index (Phi) is 4.32. The molecule has 1 fully saturated rings. The van der Waals surface area contributed by atoms with Crippen LogP contribution in [-0.4, -0.2) is 23.2 Å². The number of Topliss-reactive ketones (excluding diaryl/α,β-unsaturated/α-hetero) is 1. The van der Waals surface area contributed by atoms with E-state index in [4.69, 9.17) is 4.74 Å². The molecule has 0 bridgehead atoms. The lowest BCUT2D eigenvalue weighted by Crippen LogP contribution is -2.46. The van der Waals surface area contributed by atoms with Crippen LogP contribution >= 0.6 is 15.9 Å². The number of hydrogen-bond acceptors (Lipinski definition) is 3. The fraction of sp³-hybridized carbons (Fsp3) is 0.818. The first-order valence-electron chi connectivity index (χ1n) is 5.44. The van der Waals surface area contributed by atoms with Crippen molar-refractivity contribution >= 4 is 27.7 Å². The molecule has 1 rings (SSSR count). The number of ether oxygens (including phenoxy) is 1. The van der Waals surface area contributed by atoms with Gasteiger partial charge in [0.2, 0.25) is 0 Å². The molecule has 0 spiro atoms. The zero-order valence-electron chi connectivity index (χ0n) is 9.22. The molecule has 2 atom stereocenters. The Labute approximate surface area is 98.7 Å². The number of esters is 1. The van der Waals surface area contributed by atoms with E-state index in [0.29, 0.717) is 19.4 Å². The summed E-state index contributed by atoms with van der Waals surface area (Å²) in [7, 11) is 0. The SMILES string of the molecule is CCOC(=O)C1(CC)CCCC(Br)C1=O. The maximum atomic E-state index is 12.0. The molecule has 0 aromatic heterocycles. The van der Waals surface area contributed by atoms with Crippen molar-refractivity contribution in [2.75, 3.05) is 6.61 Å². The third-order valence-electron chi connectivity index (χ3n) is 3.09. The highest BCUT2D eigenvalue weighted by Gasteiger charge is 2.49. The Bertz CT molecular complexity index is 265. The Morgan fingerprint density at radius 3 is 2.80 bits per heavy atom. The summed E-state index contributed by atoms with van der Waals surface area (Å²) in [5.74, 6) is -0.351. The first-order valence-corrected chi connectivity index (χ1v) is 6.35.